The topological polar surface area (TPSA) is 66.4 Å². The van der Waals surface area contributed by atoms with Crippen LogP contribution >= 0.6 is 0 Å². The summed E-state index contributed by atoms with van der Waals surface area (Å²) in [5.41, 5.74) is 0. The van der Waals surface area contributed by atoms with E-state index in [9.17, 15) is 9.59 Å². The van der Waals surface area contributed by atoms with E-state index in [1.165, 1.54) is 13.3 Å². The van der Waals surface area contributed by atoms with E-state index >= 15 is 0 Å². The highest BCUT2D eigenvalue weighted by atomic mass is 16.4. The van der Waals surface area contributed by atoms with Crippen LogP contribution in [0, 0.1) is 11.8 Å². The fourth-order valence-electron chi connectivity index (χ4n) is 2.61. The Morgan fingerprint density at radius 3 is 2.62 bits per heavy atom. The first-order valence-corrected chi connectivity index (χ1v) is 6.04. The third kappa shape index (κ3) is 3.51. The number of rotatable bonds is 4. The predicted molar refractivity (Wildman–Crippen MR) is 61.0 cm³/mol. The molecule has 92 valence electrons. The van der Waals surface area contributed by atoms with Gasteiger partial charge in [-0.05, 0) is 24.7 Å². The lowest BCUT2D eigenvalue weighted by Crippen LogP contribution is -2.46. The summed E-state index contributed by atoms with van der Waals surface area (Å²) in [5, 5.41) is 11.7. The van der Waals surface area contributed by atoms with Gasteiger partial charge in [-0.1, -0.05) is 26.2 Å². The molecule has 0 aromatic carbocycles. The summed E-state index contributed by atoms with van der Waals surface area (Å²) in [4.78, 5) is 22.1. The zero-order valence-corrected chi connectivity index (χ0v) is 10.0. The second-order valence-corrected chi connectivity index (χ2v) is 4.72. The van der Waals surface area contributed by atoms with Crippen LogP contribution in [0.1, 0.15) is 46.0 Å². The average Bonchev–Trinajstić information content (AvgIpc) is 2.25. The van der Waals surface area contributed by atoms with Gasteiger partial charge in [0, 0.05) is 6.92 Å². The summed E-state index contributed by atoms with van der Waals surface area (Å²) in [6.07, 6.45) is 5.20. The fourth-order valence-corrected chi connectivity index (χ4v) is 2.61. The largest absolute Gasteiger partial charge is 0.480 e. The van der Waals surface area contributed by atoms with Crippen LogP contribution < -0.4 is 5.32 Å². The monoisotopic (exact) mass is 227 g/mol. The van der Waals surface area contributed by atoms with Gasteiger partial charge in [0.25, 0.3) is 0 Å². The molecular weight excluding hydrogens is 206 g/mol. The molecule has 1 aliphatic rings. The van der Waals surface area contributed by atoms with Gasteiger partial charge in [0.05, 0.1) is 0 Å². The van der Waals surface area contributed by atoms with E-state index in [0.717, 1.165) is 25.7 Å². The number of nitrogens with one attached hydrogen (secondary N) is 1. The summed E-state index contributed by atoms with van der Waals surface area (Å²) >= 11 is 0. The molecule has 0 aliphatic heterocycles. The number of carbonyl (C=O) groups is 2. The molecule has 4 nitrogen and oxygen atoms in total. The Morgan fingerprint density at radius 1 is 1.44 bits per heavy atom. The number of hydrogen-bond acceptors (Lipinski definition) is 2. The fraction of sp³-hybridized carbons (Fsp3) is 0.833. The third-order valence-corrected chi connectivity index (χ3v) is 3.50. The number of aliphatic carboxylic acids is 1. The quantitative estimate of drug-likeness (QED) is 0.769. The molecule has 0 radical (unpaired) electrons. The van der Waals surface area contributed by atoms with E-state index in [0.29, 0.717) is 5.92 Å². The van der Waals surface area contributed by atoms with Gasteiger partial charge < -0.3 is 10.4 Å². The molecule has 0 aromatic rings. The third-order valence-electron chi connectivity index (χ3n) is 3.50. The minimum atomic E-state index is -0.906. The minimum Gasteiger partial charge on any atom is -0.480 e. The highest BCUT2D eigenvalue weighted by Gasteiger charge is 2.32. The zero-order chi connectivity index (χ0) is 12.1. The maximum Gasteiger partial charge on any atom is 0.326 e. The van der Waals surface area contributed by atoms with Crippen LogP contribution in [-0.4, -0.2) is 23.0 Å². The van der Waals surface area contributed by atoms with Gasteiger partial charge in [-0.25, -0.2) is 4.79 Å². The molecule has 1 fully saturated rings. The van der Waals surface area contributed by atoms with Gasteiger partial charge in [-0.15, -0.1) is 0 Å². The van der Waals surface area contributed by atoms with E-state index in [4.69, 9.17) is 5.11 Å². The van der Waals surface area contributed by atoms with Crippen LogP contribution in [-0.2, 0) is 9.59 Å². The van der Waals surface area contributed by atoms with E-state index in [-0.39, 0.29) is 11.8 Å². The maximum absolute atomic E-state index is 11.1. The van der Waals surface area contributed by atoms with Crippen molar-refractivity contribution in [1.29, 1.82) is 0 Å². The van der Waals surface area contributed by atoms with Gasteiger partial charge in [-0.2, -0.15) is 0 Å². The molecule has 1 saturated carbocycles. The first-order chi connectivity index (χ1) is 7.54. The summed E-state index contributed by atoms with van der Waals surface area (Å²) in [7, 11) is 0. The highest BCUT2D eigenvalue weighted by molar-refractivity contribution is 5.82. The zero-order valence-electron chi connectivity index (χ0n) is 10.0. The van der Waals surface area contributed by atoms with Crippen LogP contribution in [0.4, 0.5) is 0 Å². The highest BCUT2D eigenvalue weighted by Crippen LogP contribution is 2.32. The summed E-state index contributed by atoms with van der Waals surface area (Å²) in [6, 6.07) is -0.702. The van der Waals surface area contributed by atoms with Crippen molar-refractivity contribution in [2.24, 2.45) is 11.8 Å². The molecule has 0 bridgehead atoms. The van der Waals surface area contributed by atoms with Crippen LogP contribution in [0.15, 0.2) is 0 Å². The Bertz CT molecular complexity index is 265. The molecule has 1 aliphatic carbocycles. The molecule has 0 heterocycles. The molecule has 3 atom stereocenters. The van der Waals surface area contributed by atoms with Crippen molar-refractivity contribution in [2.75, 3.05) is 0 Å². The van der Waals surface area contributed by atoms with Crippen molar-refractivity contribution in [2.45, 2.75) is 52.0 Å². The van der Waals surface area contributed by atoms with Gasteiger partial charge in [-0.3, -0.25) is 4.79 Å². The van der Waals surface area contributed by atoms with Crippen LogP contribution in [0.2, 0.25) is 0 Å². The van der Waals surface area contributed by atoms with E-state index in [1.807, 2.05) is 0 Å². The van der Waals surface area contributed by atoms with E-state index in [1.54, 1.807) is 0 Å². The molecule has 0 spiro atoms. The molecule has 1 rings (SSSR count). The van der Waals surface area contributed by atoms with Gasteiger partial charge in [0.2, 0.25) is 5.91 Å². The molecule has 3 unspecified atom stereocenters. The predicted octanol–water partition coefficient (Wildman–Crippen LogP) is 1.79. The van der Waals surface area contributed by atoms with Crippen molar-refractivity contribution in [3.05, 3.63) is 0 Å². The van der Waals surface area contributed by atoms with Crippen LogP contribution in [0.3, 0.4) is 0 Å². The second-order valence-electron chi connectivity index (χ2n) is 4.72. The summed E-state index contributed by atoms with van der Waals surface area (Å²) in [6.45, 7) is 3.51. The molecule has 0 saturated heterocycles. The number of hydrogen-bond donors (Lipinski definition) is 2. The van der Waals surface area contributed by atoms with Crippen molar-refractivity contribution in [1.82, 2.24) is 5.32 Å². The Kier molecular flexibility index (Phi) is 4.77. The molecule has 2 N–H and O–H groups in total. The van der Waals surface area contributed by atoms with Crippen LogP contribution in [0.25, 0.3) is 0 Å². The lowest BCUT2D eigenvalue weighted by Gasteiger charge is -2.32. The Balaban J connectivity index is 2.62. The molecule has 0 aromatic heterocycles. The molecule has 1 amide bonds. The van der Waals surface area contributed by atoms with E-state index in [2.05, 4.69) is 12.2 Å². The summed E-state index contributed by atoms with van der Waals surface area (Å²) in [5.74, 6) is -0.447. The average molecular weight is 227 g/mol. The first-order valence-electron chi connectivity index (χ1n) is 6.04. The summed E-state index contributed by atoms with van der Waals surface area (Å²) < 4.78 is 0. The lowest BCUT2D eigenvalue weighted by molar-refractivity contribution is -0.143. The van der Waals surface area contributed by atoms with E-state index < -0.39 is 12.0 Å². The Hall–Kier alpha value is -1.06. The van der Waals surface area contributed by atoms with Gasteiger partial charge in [0.15, 0.2) is 0 Å². The van der Waals surface area contributed by atoms with Crippen molar-refractivity contribution < 1.29 is 14.7 Å². The number of carboxylic acid groups (broad SMARTS) is 1. The second kappa shape index (κ2) is 5.87. The number of carboxylic acids is 1. The normalized spacial score (nSPS) is 27.1. The van der Waals surface area contributed by atoms with Gasteiger partial charge >= 0.3 is 5.97 Å². The smallest absolute Gasteiger partial charge is 0.326 e. The molecular formula is C12H21NO3. The van der Waals surface area contributed by atoms with Crippen molar-refractivity contribution in [3.8, 4) is 0 Å². The number of amides is 1. The van der Waals surface area contributed by atoms with Crippen molar-refractivity contribution >= 4 is 11.9 Å². The van der Waals surface area contributed by atoms with Crippen LogP contribution in [0.5, 0.6) is 0 Å². The first kappa shape index (κ1) is 13.0. The molecule has 4 heteroatoms. The van der Waals surface area contributed by atoms with Gasteiger partial charge in [0.1, 0.15) is 6.04 Å². The SMILES string of the molecule is CCC1CCCC(C(NC(C)=O)C(=O)O)C1. The van der Waals surface area contributed by atoms with Crippen molar-refractivity contribution in [3.63, 3.8) is 0 Å². The molecule has 16 heavy (non-hydrogen) atoms. The maximum atomic E-state index is 11.1. The standard InChI is InChI=1S/C12H21NO3/c1-3-9-5-4-6-10(7-9)11(12(15)16)13-8(2)14/h9-11H,3-7H2,1-2H3,(H,13,14)(H,15,16). The number of carbonyl (C=O) groups excluding carboxylic acids is 1. The minimum absolute atomic E-state index is 0.0973. The lowest BCUT2D eigenvalue weighted by atomic mass is 9.77. The Labute approximate surface area is 96.4 Å². The Morgan fingerprint density at radius 2 is 2.12 bits per heavy atom.